The Balaban J connectivity index is 1.90. The van der Waals surface area contributed by atoms with Gasteiger partial charge < -0.3 is 4.74 Å². The van der Waals surface area contributed by atoms with E-state index in [9.17, 15) is 4.79 Å². The van der Waals surface area contributed by atoms with Gasteiger partial charge in [-0.25, -0.2) is 0 Å². The van der Waals surface area contributed by atoms with Crippen LogP contribution in [0, 0.1) is 0 Å². The van der Waals surface area contributed by atoms with E-state index in [-0.39, 0.29) is 12.0 Å². The summed E-state index contributed by atoms with van der Waals surface area (Å²) in [5, 5.41) is 0. The molecule has 1 fully saturated rings. The lowest BCUT2D eigenvalue weighted by Crippen LogP contribution is -2.52. The number of rotatable bonds is 4. The van der Waals surface area contributed by atoms with Crippen LogP contribution in [0.4, 0.5) is 0 Å². The average Bonchev–Trinajstić information content (AvgIpc) is 2.26. The van der Waals surface area contributed by atoms with Crippen molar-refractivity contribution in [2.75, 3.05) is 13.2 Å². The number of esters is 1. The maximum atomic E-state index is 11.6. The molecule has 0 saturated carbocycles. The largest absolute Gasteiger partial charge is 0.465 e. The van der Waals surface area contributed by atoms with Gasteiger partial charge in [0.1, 0.15) is 6.04 Å². The summed E-state index contributed by atoms with van der Waals surface area (Å²) in [6.45, 7) is 4.13. The molecule has 1 aromatic rings. The molecule has 3 nitrogen and oxygen atoms in total. The summed E-state index contributed by atoms with van der Waals surface area (Å²) in [6, 6.07) is 10.2. The Kier molecular flexibility index (Phi) is 3.57. The van der Waals surface area contributed by atoms with Crippen molar-refractivity contribution in [1.82, 2.24) is 4.90 Å². The van der Waals surface area contributed by atoms with Crippen LogP contribution in [-0.2, 0) is 16.1 Å². The highest BCUT2D eigenvalue weighted by Crippen LogP contribution is 2.21. The van der Waals surface area contributed by atoms with E-state index in [2.05, 4.69) is 17.0 Å². The van der Waals surface area contributed by atoms with Crippen LogP contribution < -0.4 is 0 Å². The quantitative estimate of drug-likeness (QED) is 0.723. The van der Waals surface area contributed by atoms with Gasteiger partial charge in [0.25, 0.3) is 0 Å². The molecule has 0 spiro atoms. The third kappa shape index (κ3) is 2.42. The fourth-order valence-corrected chi connectivity index (χ4v) is 1.95. The number of nitrogens with zero attached hydrogens (tertiary/aromatic N) is 1. The summed E-state index contributed by atoms with van der Waals surface area (Å²) in [4.78, 5) is 13.7. The van der Waals surface area contributed by atoms with Gasteiger partial charge in [0.05, 0.1) is 6.61 Å². The number of benzene rings is 1. The second-order valence-corrected chi connectivity index (χ2v) is 4.01. The molecule has 0 aliphatic carbocycles. The molecule has 0 N–H and O–H groups in total. The smallest absolute Gasteiger partial charge is 0.323 e. The first-order valence-corrected chi connectivity index (χ1v) is 5.76. The number of hydrogen-bond donors (Lipinski definition) is 0. The van der Waals surface area contributed by atoms with Crippen molar-refractivity contribution in [3.8, 4) is 0 Å². The van der Waals surface area contributed by atoms with Gasteiger partial charge >= 0.3 is 5.97 Å². The van der Waals surface area contributed by atoms with Crippen LogP contribution in [0.15, 0.2) is 30.3 Å². The number of carbonyl (C=O) groups is 1. The molecular formula is C13H17NO2. The van der Waals surface area contributed by atoms with Crippen LogP contribution >= 0.6 is 0 Å². The van der Waals surface area contributed by atoms with Gasteiger partial charge in [-0.1, -0.05) is 30.3 Å². The Morgan fingerprint density at radius 3 is 2.75 bits per heavy atom. The zero-order valence-electron chi connectivity index (χ0n) is 9.56. The number of ether oxygens (including phenoxy) is 1. The monoisotopic (exact) mass is 219 g/mol. The number of carbonyl (C=O) groups excluding carboxylic acids is 1. The van der Waals surface area contributed by atoms with E-state index in [4.69, 9.17) is 4.74 Å². The standard InChI is InChI=1S/C13H17NO2/c1-2-16-13(15)12-8-9-14(12)10-11-6-4-3-5-7-11/h3-7,12H,2,8-10H2,1H3. The van der Waals surface area contributed by atoms with Gasteiger partial charge in [0, 0.05) is 13.1 Å². The van der Waals surface area contributed by atoms with Crippen molar-refractivity contribution in [1.29, 1.82) is 0 Å². The maximum Gasteiger partial charge on any atom is 0.323 e. The Hall–Kier alpha value is -1.35. The summed E-state index contributed by atoms with van der Waals surface area (Å²) in [5.74, 6) is -0.0790. The normalized spacial score (nSPS) is 20.2. The van der Waals surface area contributed by atoms with Crippen LogP contribution in [-0.4, -0.2) is 30.1 Å². The molecule has 3 heteroatoms. The third-order valence-corrected chi connectivity index (χ3v) is 2.92. The summed E-state index contributed by atoms with van der Waals surface area (Å²) < 4.78 is 5.03. The highest BCUT2D eigenvalue weighted by Gasteiger charge is 2.34. The lowest BCUT2D eigenvalue weighted by molar-refractivity contribution is -0.154. The van der Waals surface area contributed by atoms with E-state index in [0.29, 0.717) is 6.61 Å². The molecule has 1 heterocycles. The summed E-state index contributed by atoms with van der Waals surface area (Å²) in [5.41, 5.74) is 1.25. The van der Waals surface area contributed by atoms with Crippen molar-refractivity contribution < 1.29 is 9.53 Å². The van der Waals surface area contributed by atoms with Gasteiger partial charge in [-0.05, 0) is 18.9 Å². The third-order valence-electron chi connectivity index (χ3n) is 2.92. The van der Waals surface area contributed by atoms with Crippen LogP contribution in [0.1, 0.15) is 18.9 Å². The van der Waals surface area contributed by atoms with Gasteiger partial charge in [-0.2, -0.15) is 0 Å². The fraction of sp³-hybridized carbons (Fsp3) is 0.462. The number of hydrogen-bond acceptors (Lipinski definition) is 3. The van der Waals surface area contributed by atoms with Crippen molar-refractivity contribution >= 4 is 5.97 Å². The Labute approximate surface area is 96.0 Å². The van der Waals surface area contributed by atoms with Crippen molar-refractivity contribution in [2.45, 2.75) is 25.9 Å². The van der Waals surface area contributed by atoms with Gasteiger partial charge in [-0.15, -0.1) is 0 Å². The van der Waals surface area contributed by atoms with Crippen LogP contribution in [0.5, 0.6) is 0 Å². The van der Waals surface area contributed by atoms with E-state index in [1.807, 2.05) is 25.1 Å². The van der Waals surface area contributed by atoms with E-state index < -0.39 is 0 Å². The molecule has 1 aliphatic rings. The zero-order valence-corrected chi connectivity index (χ0v) is 9.56. The molecule has 2 rings (SSSR count). The van der Waals surface area contributed by atoms with Crippen LogP contribution in [0.2, 0.25) is 0 Å². The molecule has 0 aromatic heterocycles. The molecule has 0 bridgehead atoms. The van der Waals surface area contributed by atoms with Gasteiger partial charge in [0.15, 0.2) is 0 Å². The fourth-order valence-electron chi connectivity index (χ4n) is 1.95. The Morgan fingerprint density at radius 2 is 2.19 bits per heavy atom. The predicted molar refractivity (Wildman–Crippen MR) is 61.9 cm³/mol. The molecule has 0 radical (unpaired) electrons. The molecule has 0 amide bonds. The second kappa shape index (κ2) is 5.12. The minimum Gasteiger partial charge on any atom is -0.465 e. The van der Waals surface area contributed by atoms with E-state index in [1.165, 1.54) is 5.56 Å². The average molecular weight is 219 g/mol. The van der Waals surface area contributed by atoms with E-state index in [1.54, 1.807) is 0 Å². The topological polar surface area (TPSA) is 29.5 Å². The first kappa shape index (κ1) is 11.1. The summed E-state index contributed by atoms with van der Waals surface area (Å²) in [7, 11) is 0. The SMILES string of the molecule is CCOC(=O)C1CCN1Cc1ccccc1. The summed E-state index contributed by atoms with van der Waals surface area (Å²) in [6.07, 6.45) is 0.922. The van der Waals surface area contributed by atoms with E-state index in [0.717, 1.165) is 19.5 Å². The highest BCUT2D eigenvalue weighted by atomic mass is 16.5. The lowest BCUT2D eigenvalue weighted by atomic mass is 10.0. The molecule has 86 valence electrons. The molecule has 1 unspecified atom stereocenters. The molecule has 16 heavy (non-hydrogen) atoms. The second-order valence-electron chi connectivity index (χ2n) is 4.01. The molecular weight excluding hydrogens is 202 g/mol. The van der Waals surface area contributed by atoms with E-state index >= 15 is 0 Å². The first-order chi connectivity index (χ1) is 7.81. The first-order valence-electron chi connectivity index (χ1n) is 5.76. The minimum absolute atomic E-state index is 0.0276. The molecule has 1 aliphatic heterocycles. The zero-order chi connectivity index (χ0) is 11.4. The molecule has 1 saturated heterocycles. The maximum absolute atomic E-state index is 11.6. The van der Waals surface area contributed by atoms with Gasteiger partial charge in [-0.3, -0.25) is 9.69 Å². The number of likely N-dealkylation sites (tertiary alicyclic amines) is 1. The van der Waals surface area contributed by atoms with Crippen LogP contribution in [0.25, 0.3) is 0 Å². The van der Waals surface area contributed by atoms with Gasteiger partial charge in [0.2, 0.25) is 0 Å². The lowest BCUT2D eigenvalue weighted by Gasteiger charge is -2.38. The molecule has 1 aromatic carbocycles. The minimum atomic E-state index is -0.0790. The van der Waals surface area contributed by atoms with Crippen molar-refractivity contribution in [3.63, 3.8) is 0 Å². The Bertz CT molecular complexity index is 350. The Morgan fingerprint density at radius 1 is 1.44 bits per heavy atom. The van der Waals surface area contributed by atoms with Crippen molar-refractivity contribution in [3.05, 3.63) is 35.9 Å². The molecule has 1 atom stereocenters. The highest BCUT2D eigenvalue weighted by molar-refractivity contribution is 5.76. The summed E-state index contributed by atoms with van der Waals surface area (Å²) >= 11 is 0. The predicted octanol–water partition coefficient (Wildman–Crippen LogP) is 1.82. The van der Waals surface area contributed by atoms with Crippen LogP contribution in [0.3, 0.4) is 0 Å². The van der Waals surface area contributed by atoms with Crippen molar-refractivity contribution in [2.24, 2.45) is 0 Å².